The van der Waals surface area contributed by atoms with Gasteiger partial charge >= 0.3 is 0 Å². The summed E-state index contributed by atoms with van der Waals surface area (Å²) in [6, 6.07) is 12.1. The summed E-state index contributed by atoms with van der Waals surface area (Å²) in [5.41, 5.74) is 1.09. The van der Waals surface area contributed by atoms with Gasteiger partial charge in [0.15, 0.2) is 0 Å². The zero-order valence-corrected chi connectivity index (χ0v) is 11.0. The molecule has 0 aliphatic rings. The summed E-state index contributed by atoms with van der Waals surface area (Å²) in [6.07, 6.45) is 1.83. The maximum absolute atomic E-state index is 5.74. The van der Waals surface area contributed by atoms with Crippen LogP contribution in [-0.2, 0) is 6.54 Å². The molecule has 0 bridgehead atoms. The third-order valence-corrected chi connectivity index (χ3v) is 2.91. The Morgan fingerprint density at radius 2 is 1.94 bits per heavy atom. The predicted molar refractivity (Wildman–Crippen MR) is 73.7 cm³/mol. The first-order valence-corrected chi connectivity index (χ1v) is 6.25. The molecule has 0 unspecified atom stereocenters. The number of rotatable bonds is 5. The third-order valence-electron chi connectivity index (χ3n) is 2.38. The minimum atomic E-state index is 0.725. The first-order valence-electron chi connectivity index (χ1n) is 5.46. The van der Waals surface area contributed by atoms with Gasteiger partial charge in [-0.15, -0.1) is 6.58 Å². The molecular formula is C14H14BrNO. The Kier molecular flexibility index (Phi) is 4.18. The van der Waals surface area contributed by atoms with Gasteiger partial charge in [-0.25, -0.2) is 0 Å². The molecule has 0 atom stereocenters. The highest BCUT2D eigenvalue weighted by Crippen LogP contribution is 2.23. The highest BCUT2D eigenvalue weighted by atomic mass is 79.9. The smallest absolute Gasteiger partial charge is 0.134 e. The number of benzene rings is 1. The molecule has 0 saturated heterocycles. The lowest BCUT2D eigenvalue weighted by Gasteiger charge is -1.99. The molecule has 0 fully saturated rings. The second-order valence-corrected chi connectivity index (χ2v) is 4.61. The quantitative estimate of drug-likeness (QED) is 0.666. The molecule has 1 aromatic heterocycles. The van der Waals surface area contributed by atoms with Gasteiger partial charge in [-0.2, -0.15) is 0 Å². The fourth-order valence-corrected chi connectivity index (χ4v) is 1.80. The molecule has 0 amide bonds. The largest absolute Gasteiger partial charge is 0.460 e. The molecule has 1 heterocycles. The van der Waals surface area contributed by atoms with Gasteiger partial charge in [-0.05, 0) is 24.3 Å². The average Bonchev–Trinajstić information content (AvgIpc) is 2.79. The Morgan fingerprint density at radius 1 is 1.18 bits per heavy atom. The van der Waals surface area contributed by atoms with E-state index in [1.165, 1.54) is 0 Å². The highest BCUT2D eigenvalue weighted by Gasteiger charge is 2.03. The van der Waals surface area contributed by atoms with Crippen molar-refractivity contribution in [2.24, 2.45) is 0 Å². The van der Waals surface area contributed by atoms with Crippen molar-refractivity contribution in [3.63, 3.8) is 0 Å². The van der Waals surface area contributed by atoms with Crippen molar-refractivity contribution in [2.75, 3.05) is 6.54 Å². The summed E-state index contributed by atoms with van der Waals surface area (Å²) in [7, 11) is 0. The second-order valence-electron chi connectivity index (χ2n) is 3.69. The van der Waals surface area contributed by atoms with E-state index in [0.717, 1.165) is 34.6 Å². The van der Waals surface area contributed by atoms with Crippen LogP contribution in [0.2, 0.25) is 0 Å². The lowest BCUT2D eigenvalue weighted by molar-refractivity contribution is 0.502. The SMILES string of the molecule is C=CCNCc1ccc(-c2ccc(Br)cc2)o1. The van der Waals surface area contributed by atoms with E-state index in [9.17, 15) is 0 Å². The Morgan fingerprint density at radius 3 is 2.65 bits per heavy atom. The number of furan rings is 1. The van der Waals surface area contributed by atoms with Gasteiger partial charge in [0.1, 0.15) is 11.5 Å². The van der Waals surface area contributed by atoms with Crippen molar-refractivity contribution in [2.45, 2.75) is 6.54 Å². The van der Waals surface area contributed by atoms with Crippen LogP contribution >= 0.6 is 15.9 Å². The van der Waals surface area contributed by atoms with Gasteiger partial charge in [-0.1, -0.05) is 34.1 Å². The second kappa shape index (κ2) is 5.84. The van der Waals surface area contributed by atoms with Gasteiger partial charge in [0.25, 0.3) is 0 Å². The van der Waals surface area contributed by atoms with Crippen LogP contribution in [0.1, 0.15) is 5.76 Å². The molecule has 0 spiro atoms. The van der Waals surface area contributed by atoms with Crippen LogP contribution < -0.4 is 5.32 Å². The first kappa shape index (κ1) is 12.1. The van der Waals surface area contributed by atoms with Crippen LogP contribution in [0.3, 0.4) is 0 Å². The molecule has 0 aliphatic heterocycles. The van der Waals surface area contributed by atoms with Gasteiger partial charge in [0.2, 0.25) is 0 Å². The molecule has 2 nitrogen and oxygen atoms in total. The summed E-state index contributed by atoms with van der Waals surface area (Å²) in [5.74, 6) is 1.83. The van der Waals surface area contributed by atoms with E-state index in [-0.39, 0.29) is 0 Å². The summed E-state index contributed by atoms with van der Waals surface area (Å²) < 4.78 is 6.81. The monoisotopic (exact) mass is 291 g/mol. The van der Waals surface area contributed by atoms with Gasteiger partial charge in [0.05, 0.1) is 6.54 Å². The van der Waals surface area contributed by atoms with Crippen molar-refractivity contribution >= 4 is 15.9 Å². The fourth-order valence-electron chi connectivity index (χ4n) is 1.54. The van der Waals surface area contributed by atoms with Crippen LogP contribution in [0, 0.1) is 0 Å². The molecule has 1 N–H and O–H groups in total. The van der Waals surface area contributed by atoms with Crippen molar-refractivity contribution in [1.82, 2.24) is 5.32 Å². The molecule has 2 rings (SSSR count). The van der Waals surface area contributed by atoms with Crippen molar-refractivity contribution < 1.29 is 4.42 Å². The van der Waals surface area contributed by atoms with E-state index in [1.807, 2.05) is 42.5 Å². The highest BCUT2D eigenvalue weighted by molar-refractivity contribution is 9.10. The molecule has 1 aromatic carbocycles. The zero-order valence-electron chi connectivity index (χ0n) is 9.45. The molecule has 17 heavy (non-hydrogen) atoms. The molecule has 0 saturated carbocycles. The van der Waals surface area contributed by atoms with Crippen LogP contribution in [0.5, 0.6) is 0 Å². The summed E-state index contributed by atoms with van der Waals surface area (Å²) in [6.45, 7) is 5.17. The number of hydrogen-bond acceptors (Lipinski definition) is 2. The molecule has 3 heteroatoms. The first-order chi connectivity index (χ1) is 8.29. The zero-order chi connectivity index (χ0) is 12.1. The fraction of sp³-hybridized carbons (Fsp3) is 0.143. The minimum absolute atomic E-state index is 0.725. The van der Waals surface area contributed by atoms with Crippen LogP contribution in [0.4, 0.5) is 0 Å². The van der Waals surface area contributed by atoms with Crippen LogP contribution in [0.25, 0.3) is 11.3 Å². The average molecular weight is 292 g/mol. The number of nitrogens with one attached hydrogen (secondary N) is 1. The number of hydrogen-bond donors (Lipinski definition) is 1. The van der Waals surface area contributed by atoms with E-state index in [4.69, 9.17) is 4.42 Å². The Balaban J connectivity index is 2.07. The normalized spacial score (nSPS) is 10.4. The van der Waals surface area contributed by atoms with E-state index < -0.39 is 0 Å². The third kappa shape index (κ3) is 3.32. The van der Waals surface area contributed by atoms with Crippen molar-refractivity contribution in [1.29, 1.82) is 0 Å². The standard InChI is InChI=1S/C14H14BrNO/c1-2-9-16-10-13-7-8-14(17-13)11-3-5-12(15)6-4-11/h2-8,16H,1,9-10H2. The van der Waals surface area contributed by atoms with Crippen molar-refractivity contribution in [3.05, 3.63) is 59.3 Å². The Bertz CT molecular complexity index is 487. The molecular weight excluding hydrogens is 278 g/mol. The summed E-state index contributed by atoms with van der Waals surface area (Å²) >= 11 is 3.42. The maximum atomic E-state index is 5.74. The van der Waals surface area contributed by atoms with E-state index in [2.05, 4.69) is 27.8 Å². The minimum Gasteiger partial charge on any atom is -0.460 e. The van der Waals surface area contributed by atoms with E-state index in [0.29, 0.717) is 0 Å². The lowest BCUT2D eigenvalue weighted by atomic mass is 10.2. The van der Waals surface area contributed by atoms with E-state index >= 15 is 0 Å². The maximum Gasteiger partial charge on any atom is 0.134 e. The molecule has 88 valence electrons. The van der Waals surface area contributed by atoms with Gasteiger partial charge in [0, 0.05) is 16.6 Å². The van der Waals surface area contributed by atoms with Crippen molar-refractivity contribution in [3.8, 4) is 11.3 Å². The lowest BCUT2D eigenvalue weighted by Crippen LogP contribution is -2.11. The summed E-state index contributed by atoms with van der Waals surface area (Å²) in [4.78, 5) is 0. The summed E-state index contributed by atoms with van der Waals surface area (Å²) in [5, 5.41) is 3.21. The Hall–Kier alpha value is -1.32. The van der Waals surface area contributed by atoms with Gasteiger partial charge < -0.3 is 9.73 Å². The van der Waals surface area contributed by atoms with Crippen LogP contribution in [0.15, 0.2) is 57.9 Å². The Labute approximate surface area is 109 Å². The molecule has 2 aromatic rings. The molecule has 0 radical (unpaired) electrons. The predicted octanol–water partition coefficient (Wildman–Crippen LogP) is 3.98. The van der Waals surface area contributed by atoms with E-state index in [1.54, 1.807) is 0 Å². The van der Waals surface area contributed by atoms with Gasteiger partial charge in [-0.3, -0.25) is 0 Å². The number of halogens is 1. The topological polar surface area (TPSA) is 25.2 Å². The molecule has 0 aliphatic carbocycles. The van der Waals surface area contributed by atoms with Crippen LogP contribution in [-0.4, -0.2) is 6.54 Å².